The molecule has 1 unspecified atom stereocenters. The Morgan fingerprint density at radius 2 is 1.96 bits per heavy atom. The van der Waals surface area contributed by atoms with Gasteiger partial charge in [-0.1, -0.05) is 0 Å². The highest BCUT2D eigenvalue weighted by molar-refractivity contribution is 7.90. The molecule has 0 bridgehead atoms. The van der Waals surface area contributed by atoms with Gasteiger partial charge < -0.3 is 4.90 Å². The predicted molar refractivity (Wildman–Crippen MR) is 95.6 cm³/mol. The quantitative estimate of drug-likeness (QED) is 0.417. The first-order valence-corrected chi connectivity index (χ1v) is 10.2. The molecular weight excluding hydrogens is 425 g/mol. The summed E-state index contributed by atoms with van der Waals surface area (Å²) in [6.45, 7) is -0.420. The average Bonchev–Trinajstić information content (AvgIpc) is 2.96. The van der Waals surface area contributed by atoms with Gasteiger partial charge in [0.1, 0.15) is 0 Å². The van der Waals surface area contributed by atoms with Crippen LogP contribution in [-0.4, -0.2) is 44.1 Å². The molecule has 2 aromatic rings. The van der Waals surface area contributed by atoms with E-state index in [1.54, 1.807) is 0 Å². The Hall–Kier alpha value is -2.40. The first-order valence-electron chi connectivity index (χ1n) is 7.76. The lowest BCUT2D eigenvalue weighted by Crippen LogP contribution is -2.40. The van der Waals surface area contributed by atoms with Crippen molar-refractivity contribution in [3.05, 3.63) is 39.9 Å². The van der Waals surface area contributed by atoms with Gasteiger partial charge in [-0.2, -0.15) is 13.2 Å². The molecular formula is C16H12ClF3N2O5S. The highest BCUT2D eigenvalue weighted by atomic mass is 35.5. The number of non-ortho nitro benzene ring substituents is 1. The van der Waals surface area contributed by atoms with Crippen molar-refractivity contribution in [2.45, 2.75) is 17.0 Å². The number of amides is 1. The second-order valence-electron chi connectivity index (χ2n) is 6.33. The van der Waals surface area contributed by atoms with Gasteiger partial charge in [-0.3, -0.25) is 14.9 Å². The minimum atomic E-state index is -5.18. The first kappa shape index (κ1) is 20.3. The average molecular weight is 437 g/mol. The zero-order valence-corrected chi connectivity index (χ0v) is 15.7. The molecule has 7 nitrogen and oxygen atoms in total. The van der Waals surface area contributed by atoms with Crippen molar-refractivity contribution in [1.29, 1.82) is 0 Å². The van der Waals surface area contributed by atoms with Gasteiger partial charge >= 0.3 is 12.1 Å². The lowest BCUT2D eigenvalue weighted by Gasteiger charge is -2.19. The van der Waals surface area contributed by atoms with E-state index in [-0.39, 0.29) is 32.8 Å². The maximum atomic E-state index is 13.0. The van der Waals surface area contributed by atoms with Crippen LogP contribution in [0.25, 0.3) is 10.8 Å². The van der Waals surface area contributed by atoms with Crippen molar-refractivity contribution in [2.24, 2.45) is 0 Å². The van der Waals surface area contributed by atoms with E-state index >= 15 is 0 Å². The Morgan fingerprint density at radius 3 is 2.46 bits per heavy atom. The molecule has 1 heterocycles. The Balaban J connectivity index is 2.40. The fourth-order valence-corrected chi connectivity index (χ4v) is 4.21. The second-order valence-corrected chi connectivity index (χ2v) is 8.65. The fourth-order valence-electron chi connectivity index (χ4n) is 3.31. The number of benzene rings is 2. The van der Waals surface area contributed by atoms with Crippen molar-refractivity contribution in [1.82, 2.24) is 0 Å². The van der Waals surface area contributed by atoms with Gasteiger partial charge in [0.2, 0.25) is 0 Å². The van der Waals surface area contributed by atoms with E-state index in [2.05, 4.69) is 0 Å². The lowest BCUT2D eigenvalue weighted by molar-refractivity contribution is -0.383. The molecule has 1 atom stereocenters. The standard InChI is InChI=1S/C16H12ClF3N2O5S/c1-28(26,27)9-2-3-10-11(4-9)14-8(6-17)7-21(15(23)16(18,19)20)13(14)5-12(10)22(24)25/h2-5,8H,6-7H2,1H3. The number of nitro benzene ring substituents is 1. The van der Waals surface area contributed by atoms with Crippen LogP contribution in [-0.2, 0) is 14.6 Å². The van der Waals surface area contributed by atoms with E-state index in [4.69, 9.17) is 11.6 Å². The van der Waals surface area contributed by atoms with Gasteiger partial charge in [-0.15, -0.1) is 11.6 Å². The minimum absolute atomic E-state index is 0.0487. The van der Waals surface area contributed by atoms with Gasteiger partial charge in [0.25, 0.3) is 5.69 Å². The summed E-state index contributed by atoms with van der Waals surface area (Å²) < 4.78 is 62.7. The van der Waals surface area contributed by atoms with E-state index in [0.29, 0.717) is 4.90 Å². The molecule has 150 valence electrons. The normalized spacial score (nSPS) is 17.0. The number of hydrogen-bond acceptors (Lipinski definition) is 5. The summed E-state index contributed by atoms with van der Waals surface area (Å²) in [5, 5.41) is 11.6. The summed E-state index contributed by atoms with van der Waals surface area (Å²) >= 11 is 5.88. The zero-order valence-electron chi connectivity index (χ0n) is 14.2. The van der Waals surface area contributed by atoms with Crippen molar-refractivity contribution < 1.29 is 31.3 Å². The van der Waals surface area contributed by atoms with E-state index < -0.39 is 45.0 Å². The molecule has 1 amide bonds. The van der Waals surface area contributed by atoms with E-state index in [1.165, 1.54) is 12.1 Å². The topological polar surface area (TPSA) is 97.6 Å². The molecule has 0 radical (unpaired) electrons. The summed E-state index contributed by atoms with van der Waals surface area (Å²) in [6.07, 6.45) is -4.25. The molecule has 0 N–H and O–H groups in total. The largest absolute Gasteiger partial charge is 0.471 e. The van der Waals surface area contributed by atoms with Crippen LogP contribution in [0.2, 0.25) is 0 Å². The number of fused-ring (bicyclic) bond motifs is 3. The van der Waals surface area contributed by atoms with Gasteiger partial charge in [-0.25, -0.2) is 8.42 Å². The highest BCUT2D eigenvalue weighted by Gasteiger charge is 2.47. The lowest BCUT2D eigenvalue weighted by atomic mass is 9.95. The molecule has 12 heteroatoms. The minimum Gasteiger partial charge on any atom is -0.303 e. The number of sulfone groups is 1. The van der Waals surface area contributed by atoms with Crippen LogP contribution in [0.5, 0.6) is 0 Å². The molecule has 0 saturated carbocycles. The number of nitrogens with zero attached hydrogens (tertiary/aromatic N) is 2. The SMILES string of the molecule is CS(=O)(=O)c1ccc2c([N+](=O)[O-])cc3c(c2c1)C(CCl)CN3C(=O)C(F)(F)F. The molecule has 28 heavy (non-hydrogen) atoms. The number of hydrogen-bond donors (Lipinski definition) is 0. The zero-order chi connectivity index (χ0) is 21.0. The molecule has 3 rings (SSSR count). The number of carbonyl (C=O) groups is 1. The monoisotopic (exact) mass is 436 g/mol. The maximum Gasteiger partial charge on any atom is 0.471 e. The summed E-state index contributed by atoms with van der Waals surface area (Å²) in [6, 6.07) is 4.47. The molecule has 0 aliphatic carbocycles. The third-order valence-corrected chi connectivity index (χ3v) is 5.99. The summed E-state index contributed by atoms with van der Waals surface area (Å²) in [5.74, 6) is -3.08. The first-order chi connectivity index (χ1) is 12.9. The van der Waals surface area contributed by atoms with Gasteiger partial charge in [0, 0.05) is 30.7 Å². The maximum absolute atomic E-state index is 13.0. The van der Waals surface area contributed by atoms with Crippen LogP contribution < -0.4 is 4.90 Å². The van der Waals surface area contributed by atoms with Crippen LogP contribution in [0.4, 0.5) is 24.5 Å². The van der Waals surface area contributed by atoms with Gasteiger partial charge in [0.15, 0.2) is 9.84 Å². The van der Waals surface area contributed by atoms with Crippen LogP contribution in [0.1, 0.15) is 11.5 Å². The Morgan fingerprint density at radius 1 is 1.32 bits per heavy atom. The summed E-state index contributed by atoms with van der Waals surface area (Å²) in [5.41, 5.74) is -0.652. The third-order valence-electron chi connectivity index (χ3n) is 4.51. The van der Waals surface area contributed by atoms with Crippen LogP contribution in [0.15, 0.2) is 29.2 Å². The summed E-state index contributed by atoms with van der Waals surface area (Å²) in [7, 11) is -3.69. The van der Waals surface area contributed by atoms with E-state index in [1.807, 2.05) is 0 Å². The fraction of sp³-hybridized carbons (Fsp3) is 0.312. The van der Waals surface area contributed by atoms with Crippen LogP contribution in [0.3, 0.4) is 0 Å². The van der Waals surface area contributed by atoms with Crippen molar-refractivity contribution in [3.63, 3.8) is 0 Å². The Kier molecular flexibility index (Phi) is 4.79. The van der Waals surface area contributed by atoms with Crippen molar-refractivity contribution in [2.75, 3.05) is 23.6 Å². The number of halogens is 4. The Labute approximate surface area is 161 Å². The molecule has 1 aliphatic rings. The predicted octanol–water partition coefficient (Wildman–Crippen LogP) is 3.38. The molecule has 0 spiro atoms. The van der Waals surface area contributed by atoms with E-state index in [0.717, 1.165) is 18.4 Å². The molecule has 0 saturated heterocycles. The van der Waals surface area contributed by atoms with Crippen molar-refractivity contribution >= 4 is 49.5 Å². The van der Waals surface area contributed by atoms with Crippen LogP contribution >= 0.6 is 11.6 Å². The van der Waals surface area contributed by atoms with Gasteiger partial charge in [-0.05, 0) is 29.1 Å². The second kappa shape index (κ2) is 6.59. The number of rotatable bonds is 3. The van der Waals surface area contributed by atoms with Crippen molar-refractivity contribution in [3.8, 4) is 0 Å². The molecule has 1 aliphatic heterocycles. The molecule has 0 aromatic heterocycles. The third kappa shape index (κ3) is 3.28. The molecule has 2 aromatic carbocycles. The summed E-state index contributed by atoms with van der Waals surface area (Å²) in [4.78, 5) is 22.7. The number of nitro groups is 1. The van der Waals surface area contributed by atoms with Crippen LogP contribution in [0, 0.1) is 10.1 Å². The number of anilines is 1. The molecule has 0 fully saturated rings. The highest BCUT2D eigenvalue weighted by Crippen LogP contribution is 2.46. The van der Waals surface area contributed by atoms with E-state index in [9.17, 15) is 36.5 Å². The number of alkyl halides is 4. The smallest absolute Gasteiger partial charge is 0.303 e. The van der Waals surface area contributed by atoms with Gasteiger partial charge in [0.05, 0.1) is 20.9 Å². The Bertz CT molecular complexity index is 1120. The number of carbonyl (C=O) groups excluding carboxylic acids is 1.